The van der Waals surface area contributed by atoms with E-state index < -0.39 is 10.0 Å². The molecule has 1 aromatic rings. The van der Waals surface area contributed by atoms with Crippen LogP contribution in [0, 0.1) is 0 Å². The van der Waals surface area contributed by atoms with E-state index in [0.29, 0.717) is 24.0 Å². The lowest BCUT2D eigenvalue weighted by atomic mass is 10.2. The van der Waals surface area contributed by atoms with E-state index in [9.17, 15) is 8.42 Å². The number of sulfonamides is 1. The van der Waals surface area contributed by atoms with Crippen molar-refractivity contribution in [3.8, 4) is 0 Å². The van der Waals surface area contributed by atoms with Gasteiger partial charge in [0.15, 0.2) is 0 Å². The van der Waals surface area contributed by atoms with E-state index in [1.165, 1.54) is 12.8 Å². The Morgan fingerprint density at radius 2 is 1.74 bits per heavy atom. The van der Waals surface area contributed by atoms with Crippen molar-refractivity contribution in [1.29, 1.82) is 0 Å². The van der Waals surface area contributed by atoms with Crippen molar-refractivity contribution in [3.05, 3.63) is 29.8 Å². The van der Waals surface area contributed by atoms with Gasteiger partial charge in [0.1, 0.15) is 0 Å². The van der Waals surface area contributed by atoms with Gasteiger partial charge in [0, 0.05) is 25.7 Å². The number of benzene rings is 1. The highest BCUT2D eigenvalue weighted by atomic mass is 32.2. The highest BCUT2D eigenvalue weighted by molar-refractivity contribution is 7.89. The maximum absolute atomic E-state index is 12.3. The number of nitrogens with one attached hydrogen (secondary N) is 1. The first-order valence-corrected chi connectivity index (χ1v) is 8.43. The number of rotatable bonds is 5. The third-order valence-corrected chi connectivity index (χ3v) is 5.71. The highest BCUT2D eigenvalue weighted by Gasteiger charge is 2.27. The molecule has 0 bridgehead atoms. The molecule has 1 heterocycles. The summed E-state index contributed by atoms with van der Waals surface area (Å²) in [6.45, 7) is 2.15. The van der Waals surface area contributed by atoms with E-state index in [1.807, 2.05) is 12.1 Å². The molecule has 19 heavy (non-hydrogen) atoms. The van der Waals surface area contributed by atoms with Crippen LogP contribution in [-0.2, 0) is 16.6 Å². The molecule has 0 aromatic heterocycles. The normalized spacial score (nSPS) is 20.8. The minimum absolute atomic E-state index is 0.421. The summed E-state index contributed by atoms with van der Waals surface area (Å²) in [4.78, 5) is 0.421. The van der Waals surface area contributed by atoms with Crippen molar-refractivity contribution < 1.29 is 8.42 Å². The molecule has 1 aromatic carbocycles. The lowest BCUT2D eigenvalue weighted by Gasteiger charge is -2.15. The summed E-state index contributed by atoms with van der Waals surface area (Å²) in [5, 5.41) is 3.43. The molecule has 1 saturated carbocycles. The Balaban J connectivity index is 1.69. The van der Waals surface area contributed by atoms with Crippen LogP contribution in [0.5, 0.6) is 0 Å². The molecule has 0 atom stereocenters. The predicted molar refractivity (Wildman–Crippen MR) is 74.3 cm³/mol. The molecule has 1 aliphatic carbocycles. The summed E-state index contributed by atoms with van der Waals surface area (Å²) >= 11 is 0. The largest absolute Gasteiger partial charge is 0.310 e. The van der Waals surface area contributed by atoms with Crippen molar-refractivity contribution >= 4 is 10.0 Å². The van der Waals surface area contributed by atoms with E-state index in [4.69, 9.17) is 0 Å². The molecule has 0 unspecified atom stereocenters. The first-order chi connectivity index (χ1) is 9.16. The van der Waals surface area contributed by atoms with Gasteiger partial charge in [0.2, 0.25) is 10.0 Å². The first kappa shape index (κ1) is 13.1. The van der Waals surface area contributed by atoms with Crippen LogP contribution >= 0.6 is 0 Å². The molecule has 0 spiro atoms. The van der Waals surface area contributed by atoms with Crippen molar-refractivity contribution in [2.24, 2.45) is 0 Å². The minimum atomic E-state index is -3.26. The SMILES string of the molecule is O=S(=O)(c1ccc(CNC2CC2)cc1)N1CCCC1. The smallest absolute Gasteiger partial charge is 0.243 e. The summed E-state index contributed by atoms with van der Waals surface area (Å²) in [6, 6.07) is 7.97. The second kappa shape index (κ2) is 5.23. The molecule has 4 nitrogen and oxygen atoms in total. The van der Waals surface area contributed by atoms with E-state index in [-0.39, 0.29) is 0 Å². The van der Waals surface area contributed by atoms with Gasteiger partial charge in [-0.3, -0.25) is 0 Å². The van der Waals surface area contributed by atoms with E-state index in [2.05, 4.69) is 5.32 Å². The zero-order valence-corrected chi connectivity index (χ0v) is 11.8. The molecule has 2 aliphatic rings. The lowest BCUT2D eigenvalue weighted by Crippen LogP contribution is -2.27. The van der Waals surface area contributed by atoms with E-state index in [0.717, 1.165) is 24.9 Å². The fraction of sp³-hybridized carbons (Fsp3) is 0.571. The van der Waals surface area contributed by atoms with Crippen LogP contribution in [0.1, 0.15) is 31.2 Å². The van der Waals surface area contributed by atoms with Crippen molar-refractivity contribution in [1.82, 2.24) is 9.62 Å². The molecule has 1 saturated heterocycles. The molecule has 0 radical (unpaired) electrons. The van der Waals surface area contributed by atoms with Crippen molar-refractivity contribution in [3.63, 3.8) is 0 Å². The average Bonchev–Trinajstić information content (AvgIpc) is 3.07. The summed E-state index contributed by atoms with van der Waals surface area (Å²) in [6.07, 6.45) is 4.48. The van der Waals surface area contributed by atoms with E-state index >= 15 is 0 Å². The zero-order valence-electron chi connectivity index (χ0n) is 11.0. The highest BCUT2D eigenvalue weighted by Crippen LogP contribution is 2.22. The van der Waals surface area contributed by atoms with Gasteiger partial charge in [-0.25, -0.2) is 8.42 Å². The lowest BCUT2D eigenvalue weighted by molar-refractivity contribution is 0.477. The zero-order chi connectivity index (χ0) is 13.3. The Bertz CT molecular complexity index is 529. The van der Waals surface area contributed by atoms with Gasteiger partial charge in [0.25, 0.3) is 0 Å². The summed E-state index contributed by atoms with van der Waals surface area (Å²) in [5.74, 6) is 0. The topological polar surface area (TPSA) is 49.4 Å². The monoisotopic (exact) mass is 280 g/mol. The van der Waals surface area contributed by atoms with Crippen LogP contribution < -0.4 is 5.32 Å². The molecule has 0 amide bonds. The average molecular weight is 280 g/mol. The Kier molecular flexibility index (Phi) is 3.60. The Labute approximate surface area is 114 Å². The predicted octanol–water partition coefficient (Wildman–Crippen LogP) is 1.72. The van der Waals surface area contributed by atoms with Gasteiger partial charge in [-0.15, -0.1) is 0 Å². The van der Waals surface area contributed by atoms with Gasteiger partial charge in [-0.1, -0.05) is 12.1 Å². The van der Waals surface area contributed by atoms with Crippen LogP contribution in [0.2, 0.25) is 0 Å². The van der Waals surface area contributed by atoms with Crippen LogP contribution in [0.25, 0.3) is 0 Å². The first-order valence-electron chi connectivity index (χ1n) is 6.99. The molecule has 3 rings (SSSR count). The Morgan fingerprint density at radius 3 is 2.32 bits per heavy atom. The van der Waals surface area contributed by atoms with Crippen molar-refractivity contribution in [2.45, 2.75) is 43.2 Å². The van der Waals surface area contributed by atoms with Gasteiger partial charge in [-0.05, 0) is 43.4 Å². The summed E-state index contributed by atoms with van der Waals surface area (Å²) < 4.78 is 26.3. The fourth-order valence-electron chi connectivity index (χ4n) is 2.41. The molecule has 2 fully saturated rings. The van der Waals surface area contributed by atoms with Crippen LogP contribution in [0.3, 0.4) is 0 Å². The fourth-order valence-corrected chi connectivity index (χ4v) is 3.92. The molecule has 5 heteroatoms. The molecule has 1 N–H and O–H groups in total. The summed E-state index contributed by atoms with van der Waals surface area (Å²) in [7, 11) is -3.26. The molecular weight excluding hydrogens is 260 g/mol. The second-order valence-electron chi connectivity index (χ2n) is 5.41. The second-order valence-corrected chi connectivity index (χ2v) is 7.35. The molecular formula is C14H20N2O2S. The quantitative estimate of drug-likeness (QED) is 0.893. The molecule has 1 aliphatic heterocycles. The standard InChI is InChI=1S/C14H20N2O2S/c17-19(18,16-9-1-2-10-16)14-7-3-12(4-8-14)11-15-13-5-6-13/h3-4,7-8,13,15H,1-2,5-6,9-11H2. The van der Waals surface area contributed by atoms with Crippen LogP contribution in [0.15, 0.2) is 29.2 Å². The molecule has 104 valence electrons. The van der Waals surface area contributed by atoms with Gasteiger partial charge >= 0.3 is 0 Å². The maximum Gasteiger partial charge on any atom is 0.243 e. The van der Waals surface area contributed by atoms with Gasteiger partial charge < -0.3 is 5.32 Å². The Morgan fingerprint density at radius 1 is 1.11 bits per heavy atom. The van der Waals surface area contributed by atoms with Gasteiger partial charge in [-0.2, -0.15) is 4.31 Å². The third kappa shape index (κ3) is 2.99. The van der Waals surface area contributed by atoms with E-state index in [1.54, 1.807) is 16.4 Å². The van der Waals surface area contributed by atoms with Crippen molar-refractivity contribution in [2.75, 3.05) is 13.1 Å². The van der Waals surface area contributed by atoms with Gasteiger partial charge in [0.05, 0.1) is 4.90 Å². The number of nitrogens with zero attached hydrogens (tertiary/aromatic N) is 1. The van der Waals surface area contributed by atoms with Crippen LogP contribution in [-0.4, -0.2) is 31.9 Å². The maximum atomic E-state index is 12.3. The summed E-state index contributed by atoms with van der Waals surface area (Å²) in [5.41, 5.74) is 1.15. The number of hydrogen-bond donors (Lipinski definition) is 1. The van der Waals surface area contributed by atoms with Crippen LogP contribution in [0.4, 0.5) is 0 Å². The minimum Gasteiger partial charge on any atom is -0.310 e. The Hall–Kier alpha value is -0.910. The number of hydrogen-bond acceptors (Lipinski definition) is 3. The third-order valence-electron chi connectivity index (χ3n) is 3.80.